The lowest BCUT2D eigenvalue weighted by Gasteiger charge is -2.21. The molecule has 0 fully saturated rings. The van der Waals surface area contributed by atoms with E-state index in [0.29, 0.717) is 29.5 Å². The summed E-state index contributed by atoms with van der Waals surface area (Å²) in [7, 11) is 7.21. The normalized spacial score (nSPS) is 11.8. The standard InChI is InChI=1S/C24H34Cl2N4O2/c1-8-19(14-28-17-27-3)16-30(5)10-9-29(4)15-18(2)11-20-21(13-25)22(31-6)12-23(32-7)24(20)26/h9-10,12,14,17H,2-3,8,11,13,15-16H2,1,4-7H3/b10-9-,19-14-,28-17?. The van der Waals surface area contributed by atoms with Crippen LogP contribution in [-0.4, -0.2) is 64.3 Å². The summed E-state index contributed by atoms with van der Waals surface area (Å²) in [5, 5.41) is 0.538. The Labute approximate surface area is 202 Å². The van der Waals surface area contributed by atoms with Crippen LogP contribution in [0.4, 0.5) is 0 Å². The molecule has 0 bridgehead atoms. The fourth-order valence-electron chi connectivity index (χ4n) is 3.10. The van der Waals surface area contributed by atoms with Crippen LogP contribution in [0.1, 0.15) is 24.5 Å². The van der Waals surface area contributed by atoms with Gasteiger partial charge in [0.05, 0.1) is 25.1 Å². The number of nitrogens with zero attached hydrogens (tertiary/aromatic N) is 4. The molecule has 0 unspecified atom stereocenters. The maximum atomic E-state index is 6.57. The molecule has 0 aliphatic rings. The van der Waals surface area contributed by atoms with Crippen LogP contribution in [0.15, 0.2) is 52.4 Å². The number of aliphatic imine (C=N–C) groups is 2. The van der Waals surface area contributed by atoms with Gasteiger partial charge in [-0.15, -0.1) is 11.6 Å². The Bertz CT molecular complexity index is 866. The average Bonchev–Trinajstić information content (AvgIpc) is 2.78. The largest absolute Gasteiger partial charge is 0.496 e. The van der Waals surface area contributed by atoms with Crippen LogP contribution in [0.25, 0.3) is 0 Å². The summed E-state index contributed by atoms with van der Waals surface area (Å²) in [5.41, 5.74) is 3.92. The van der Waals surface area contributed by atoms with Crippen molar-refractivity contribution in [2.75, 3.05) is 41.4 Å². The molecule has 0 N–H and O–H groups in total. The highest BCUT2D eigenvalue weighted by molar-refractivity contribution is 6.33. The van der Waals surface area contributed by atoms with Crippen LogP contribution in [0.3, 0.4) is 0 Å². The molecule has 0 spiro atoms. The van der Waals surface area contributed by atoms with Crippen molar-refractivity contribution in [3.05, 3.63) is 58.5 Å². The van der Waals surface area contributed by atoms with E-state index in [9.17, 15) is 0 Å². The van der Waals surface area contributed by atoms with E-state index in [1.807, 2.05) is 32.7 Å². The Morgan fingerprint density at radius 1 is 1.09 bits per heavy atom. The third-order valence-corrected chi connectivity index (χ3v) is 5.45. The Morgan fingerprint density at radius 3 is 2.25 bits per heavy atom. The highest BCUT2D eigenvalue weighted by Gasteiger charge is 2.18. The van der Waals surface area contributed by atoms with Gasteiger partial charge in [-0.05, 0) is 30.7 Å². The summed E-state index contributed by atoms with van der Waals surface area (Å²) in [6.45, 7) is 11.2. The molecule has 6 nitrogen and oxygen atoms in total. The third kappa shape index (κ3) is 8.60. The second kappa shape index (κ2) is 14.6. The van der Waals surface area contributed by atoms with Crippen molar-refractivity contribution in [2.45, 2.75) is 25.6 Å². The molecule has 0 atom stereocenters. The number of hydrogen-bond donors (Lipinski definition) is 0. The maximum Gasteiger partial charge on any atom is 0.141 e. The minimum absolute atomic E-state index is 0.288. The number of ether oxygens (including phenoxy) is 2. The Balaban J connectivity index is 2.82. The van der Waals surface area contributed by atoms with Crippen LogP contribution in [0, 0.1) is 0 Å². The van der Waals surface area contributed by atoms with Crippen LogP contribution >= 0.6 is 23.2 Å². The zero-order valence-electron chi connectivity index (χ0n) is 19.7. The highest BCUT2D eigenvalue weighted by atomic mass is 35.5. The van der Waals surface area contributed by atoms with E-state index in [1.54, 1.807) is 20.3 Å². The van der Waals surface area contributed by atoms with E-state index in [2.05, 4.69) is 40.0 Å². The molecular formula is C24H34Cl2N4O2. The van der Waals surface area contributed by atoms with Gasteiger partial charge >= 0.3 is 0 Å². The van der Waals surface area contributed by atoms with Gasteiger partial charge in [0.15, 0.2) is 0 Å². The van der Waals surface area contributed by atoms with E-state index in [0.717, 1.165) is 29.7 Å². The van der Waals surface area contributed by atoms with Crippen molar-refractivity contribution < 1.29 is 9.47 Å². The van der Waals surface area contributed by atoms with Gasteiger partial charge in [0.1, 0.15) is 17.8 Å². The molecule has 8 heteroatoms. The van der Waals surface area contributed by atoms with E-state index in [1.165, 1.54) is 11.9 Å². The van der Waals surface area contributed by atoms with Crippen molar-refractivity contribution in [3.8, 4) is 11.5 Å². The van der Waals surface area contributed by atoms with Crippen LogP contribution in [-0.2, 0) is 12.3 Å². The zero-order valence-corrected chi connectivity index (χ0v) is 21.2. The van der Waals surface area contributed by atoms with Gasteiger partial charge in [0.25, 0.3) is 0 Å². The molecule has 0 saturated heterocycles. The van der Waals surface area contributed by atoms with Crippen molar-refractivity contribution in [1.29, 1.82) is 0 Å². The summed E-state index contributed by atoms with van der Waals surface area (Å²) in [4.78, 5) is 11.9. The first-order valence-corrected chi connectivity index (χ1v) is 11.1. The smallest absolute Gasteiger partial charge is 0.141 e. The third-order valence-electron chi connectivity index (χ3n) is 4.77. The second-order valence-electron chi connectivity index (χ2n) is 7.33. The first-order chi connectivity index (χ1) is 15.3. The molecule has 176 valence electrons. The second-order valence-corrected chi connectivity index (χ2v) is 7.97. The quantitative estimate of drug-likeness (QED) is 0.151. The fourth-order valence-corrected chi connectivity index (χ4v) is 3.71. The van der Waals surface area contributed by atoms with E-state index < -0.39 is 0 Å². The van der Waals surface area contributed by atoms with E-state index >= 15 is 0 Å². The topological polar surface area (TPSA) is 49.7 Å². The Morgan fingerprint density at radius 2 is 1.72 bits per heavy atom. The molecule has 0 saturated carbocycles. The van der Waals surface area contributed by atoms with Crippen molar-refractivity contribution >= 4 is 36.3 Å². The monoisotopic (exact) mass is 480 g/mol. The molecule has 1 rings (SSSR count). The highest BCUT2D eigenvalue weighted by Crippen LogP contribution is 2.39. The lowest BCUT2D eigenvalue weighted by atomic mass is 9.99. The number of halogens is 2. The van der Waals surface area contributed by atoms with Gasteiger partial charge in [0, 0.05) is 57.4 Å². The predicted octanol–water partition coefficient (Wildman–Crippen LogP) is 5.55. The summed E-state index contributed by atoms with van der Waals surface area (Å²) in [6.07, 6.45) is 8.78. The first-order valence-electron chi connectivity index (χ1n) is 10.2. The van der Waals surface area contributed by atoms with Gasteiger partial charge in [-0.2, -0.15) is 0 Å². The molecule has 0 aliphatic carbocycles. The molecule has 32 heavy (non-hydrogen) atoms. The molecule has 0 heterocycles. The van der Waals surface area contributed by atoms with Crippen molar-refractivity contribution in [1.82, 2.24) is 9.80 Å². The SMILES string of the molecule is C=NC=N/C=C(/CC)CN(C)/C=C\N(C)CC(=C)Cc1c(Cl)c(OC)cc(OC)c1CCl. The molecular weight excluding hydrogens is 447 g/mol. The molecule has 0 radical (unpaired) electrons. The molecule has 0 aromatic heterocycles. The Hall–Kier alpha value is -2.44. The number of methoxy groups -OCH3 is 2. The zero-order chi connectivity index (χ0) is 24.1. The van der Waals surface area contributed by atoms with Gasteiger partial charge in [0.2, 0.25) is 0 Å². The minimum atomic E-state index is 0.288. The molecule has 0 amide bonds. The van der Waals surface area contributed by atoms with Crippen LogP contribution < -0.4 is 9.47 Å². The summed E-state index contributed by atoms with van der Waals surface area (Å²) >= 11 is 12.8. The number of hydrogen-bond acceptors (Lipinski definition) is 5. The van der Waals surface area contributed by atoms with Crippen LogP contribution in [0.5, 0.6) is 11.5 Å². The number of rotatable bonds is 14. The van der Waals surface area contributed by atoms with Gasteiger partial charge in [-0.1, -0.05) is 30.7 Å². The number of benzene rings is 1. The number of likely N-dealkylation sites (N-methyl/N-ethyl adjacent to an activating group) is 2. The Kier molecular flexibility index (Phi) is 12.6. The van der Waals surface area contributed by atoms with Gasteiger partial charge in [-0.25, -0.2) is 4.99 Å². The minimum Gasteiger partial charge on any atom is -0.496 e. The average molecular weight is 481 g/mol. The molecule has 1 aromatic carbocycles. The van der Waals surface area contributed by atoms with Crippen LogP contribution in [0.2, 0.25) is 5.02 Å². The van der Waals surface area contributed by atoms with Crippen molar-refractivity contribution in [3.63, 3.8) is 0 Å². The van der Waals surface area contributed by atoms with Crippen molar-refractivity contribution in [2.24, 2.45) is 9.98 Å². The molecule has 1 aromatic rings. The summed E-state index contributed by atoms with van der Waals surface area (Å²) in [6, 6.07) is 1.76. The lowest BCUT2D eigenvalue weighted by molar-refractivity contribution is 0.391. The van der Waals surface area contributed by atoms with Gasteiger partial charge < -0.3 is 19.3 Å². The predicted molar refractivity (Wildman–Crippen MR) is 138 cm³/mol. The first kappa shape index (κ1) is 27.6. The summed E-state index contributed by atoms with van der Waals surface area (Å²) < 4.78 is 10.9. The fraction of sp³-hybridized carbons (Fsp3) is 0.417. The van der Waals surface area contributed by atoms with E-state index in [-0.39, 0.29) is 5.88 Å². The summed E-state index contributed by atoms with van der Waals surface area (Å²) in [5.74, 6) is 1.51. The number of alkyl halides is 1. The lowest BCUT2D eigenvalue weighted by Crippen LogP contribution is -2.19. The molecule has 0 aliphatic heterocycles. The maximum absolute atomic E-state index is 6.57. The van der Waals surface area contributed by atoms with E-state index in [4.69, 9.17) is 32.7 Å². The van der Waals surface area contributed by atoms with Gasteiger partial charge in [-0.3, -0.25) is 4.99 Å².